The highest BCUT2D eigenvalue weighted by Crippen LogP contribution is 2.28. The van der Waals surface area contributed by atoms with Gasteiger partial charge in [0.2, 0.25) is 0 Å². The lowest BCUT2D eigenvalue weighted by molar-refractivity contribution is -0.384. The Kier molecular flexibility index (Phi) is 7.28. The van der Waals surface area contributed by atoms with E-state index in [2.05, 4.69) is 10.6 Å². The quantitative estimate of drug-likeness (QED) is 0.410. The number of amides is 1. The van der Waals surface area contributed by atoms with Crippen LogP contribution in [0.5, 0.6) is 11.5 Å². The van der Waals surface area contributed by atoms with E-state index >= 15 is 0 Å². The highest BCUT2D eigenvalue weighted by Gasteiger charge is 2.14. The molecule has 0 fully saturated rings. The van der Waals surface area contributed by atoms with Crippen molar-refractivity contribution in [2.24, 2.45) is 0 Å². The Morgan fingerprint density at radius 3 is 2.50 bits per heavy atom. The Morgan fingerprint density at radius 2 is 1.93 bits per heavy atom. The Bertz CT molecular complexity index is 870. The van der Waals surface area contributed by atoms with Crippen LogP contribution in [-0.2, 0) is 0 Å². The van der Waals surface area contributed by atoms with Crippen LogP contribution in [0.2, 0.25) is 0 Å². The number of benzene rings is 2. The Balaban J connectivity index is 2.04. The molecule has 0 aromatic heterocycles. The molecule has 1 unspecified atom stereocenters. The lowest BCUT2D eigenvalue weighted by Crippen LogP contribution is -2.34. The molecule has 2 rings (SSSR count). The van der Waals surface area contributed by atoms with E-state index in [4.69, 9.17) is 21.7 Å². The van der Waals surface area contributed by atoms with E-state index in [9.17, 15) is 14.9 Å². The van der Waals surface area contributed by atoms with Gasteiger partial charge in [0, 0.05) is 17.7 Å². The summed E-state index contributed by atoms with van der Waals surface area (Å²) in [6, 6.07) is 10.7. The number of thiocarbonyl (C=S) groups is 1. The molecule has 2 N–H and O–H groups in total. The number of methoxy groups -OCH3 is 1. The van der Waals surface area contributed by atoms with Gasteiger partial charge in [-0.3, -0.25) is 20.2 Å². The highest BCUT2D eigenvalue weighted by atomic mass is 32.1. The van der Waals surface area contributed by atoms with Crippen LogP contribution in [0, 0.1) is 10.1 Å². The van der Waals surface area contributed by atoms with Crippen LogP contribution < -0.4 is 20.1 Å². The highest BCUT2D eigenvalue weighted by molar-refractivity contribution is 7.80. The largest absolute Gasteiger partial charge is 0.495 e. The number of hydrogen-bond acceptors (Lipinski definition) is 6. The zero-order valence-corrected chi connectivity index (χ0v) is 16.5. The number of non-ortho nitro benzene ring substituents is 1. The third-order valence-corrected chi connectivity index (χ3v) is 4.10. The minimum Gasteiger partial charge on any atom is -0.495 e. The number of anilines is 1. The number of ether oxygens (including phenoxy) is 2. The number of carbonyl (C=O) groups is 1. The number of nitrogens with zero attached hydrogens (tertiary/aromatic N) is 1. The van der Waals surface area contributed by atoms with Gasteiger partial charge in [-0.1, -0.05) is 6.92 Å². The van der Waals surface area contributed by atoms with Gasteiger partial charge in [-0.2, -0.15) is 0 Å². The van der Waals surface area contributed by atoms with Gasteiger partial charge in [-0.05, 0) is 55.9 Å². The molecular weight excluding hydrogens is 382 g/mol. The molecule has 0 heterocycles. The number of nitro groups is 1. The average Bonchev–Trinajstić information content (AvgIpc) is 2.68. The summed E-state index contributed by atoms with van der Waals surface area (Å²) in [4.78, 5) is 22.8. The molecule has 1 amide bonds. The van der Waals surface area contributed by atoms with Gasteiger partial charge in [0.1, 0.15) is 11.5 Å². The molecule has 0 bridgehead atoms. The van der Waals surface area contributed by atoms with Crippen molar-refractivity contribution in [3.8, 4) is 11.5 Å². The Morgan fingerprint density at radius 1 is 1.25 bits per heavy atom. The molecule has 0 aliphatic rings. The summed E-state index contributed by atoms with van der Waals surface area (Å²) in [6.45, 7) is 3.99. The number of nitrogens with one attached hydrogen (secondary N) is 2. The van der Waals surface area contributed by atoms with Crippen molar-refractivity contribution in [3.63, 3.8) is 0 Å². The van der Waals surface area contributed by atoms with E-state index in [1.807, 2.05) is 13.8 Å². The van der Waals surface area contributed by atoms with E-state index in [0.717, 1.165) is 6.42 Å². The van der Waals surface area contributed by atoms with Crippen LogP contribution in [0.4, 0.5) is 11.4 Å². The van der Waals surface area contributed by atoms with Crippen molar-refractivity contribution in [1.29, 1.82) is 0 Å². The third kappa shape index (κ3) is 5.65. The van der Waals surface area contributed by atoms with Gasteiger partial charge in [0.25, 0.3) is 11.6 Å². The van der Waals surface area contributed by atoms with E-state index in [-0.39, 0.29) is 22.6 Å². The maximum atomic E-state index is 12.3. The first-order valence-corrected chi connectivity index (χ1v) is 8.96. The van der Waals surface area contributed by atoms with E-state index < -0.39 is 10.8 Å². The number of rotatable bonds is 7. The van der Waals surface area contributed by atoms with Crippen molar-refractivity contribution in [2.75, 3.05) is 12.4 Å². The average molecular weight is 403 g/mol. The first-order chi connectivity index (χ1) is 13.3. The van der Waals surface area contributed by atoms with Crippen LogP contribution >= 0.6 is 12.2 Å². The van der Waals surface area contributed by atoms with Crippen molar-refractivity contribution in [2.45, 2.75) is 26.4 Å². The molecule has 0 aliphatic carbocycles. The monoisotopic (exact) mass is 403 g/mol. The summed E-state index contributed by atoms with van der Waals surface area (Å²) in [7, 11) is 1.43. The van der Waals surface area contributed by atoms with Crippen LogP contribution in [-0.4, -0.2) is 29.2 Å². The van der Waals surface area contributed by atoms with Crippen LogP contribution in [0.25, 0.3) is 0 Å². The summed E-state index contributed by atoms with van der Waals surface area (Å²) in [5.41, 5.74) is 0.542. The number of nitro benzene ring substituents is 1. The minimum atomic E-state index is -0.532. The van der Waals surface area contributed by atoms with Crippen LogP contribution in [0.1, 0.15) is 30.6 Å². The van der Waals surface area contributed by atoms with Crippen molar-refractivity contribution in [3.05, 3.63) is 58.1 Å². The fraction of sp³-hybridized carbons (Fsp3) is 0.263. The first kappa shape index (κ1) is 21.1. The zero-order chi connectivity index (χ0) is 20.7. The summed E-state index contributed by atoms with van der Waals surface area (Å²) < 4.78 is 10.8. The molecule has 0 aliphatic heterocycles. The van der Waals surface area contributed by atoms with Crippen molar-refractivity contribution < 1.29 is 19.2 Å². The molecule has 1 atom stereocenters. The molecular formula is C19H21N3O5S. The van der Waals surface area contributed by atoms with Crippen LogP contribution in [0.15, 0.2) is 42.5 Å². The van der Waals surface area contributed by atoms with Gasteiger partial charge < -0.3 is 14.8 Å². The second-order valence-corrected chi connectivity index (χ2v) is 6.32. The molecule has 8 nitrogen and oxygen atoms in total. The molecule has 0 saturated carbocycles. The van der Waals surface area contributed by atoms with Crippen molar-refractivity contribution in [1.82, 2.24) is 5.32 Å². The zero-order valence-electron chi connectivity index (χ0n) is 15.7. The van der Waals surface area contributed by atoms with E-state index in [1.165, 1.54) is 25.3 Å². The molecule has 2 aromatic rings. The second-order valence-electron chi connectivity index (χ2n) is 5.91. The van der Waals surface area contributed by atoms with Gasteiger partial charge in [-0.15, -0.1) is 0 Å². The summed E-state index contributed by atoms with van der Waals surface area (Å²) in [6.07, 6.45) is 0.963. The molecule has 0 saturated heterocycles. The molecule has 0 spiro atoms. The van der Waals surface area contributed by atoms with Gasteiger partial charge in [-0.25, -0.2) is 0 Å². The first-order valence-electron chi connectivity index (χ1n) is 8.55. The normalized spacial score (nSPS) is 11.2. The molecule has 2 aromatic carbocycles. The maximum Gasteiger partial charge on any atom is 0.271 e. The topological polar surface area (TPSA) is 103 Å². The van der Waals surface area contributed by atoms with E-state index in [1.54, 1.807) is 24.3 Å². The SMILES string of the molecule is CCC(C)Oc1ccc(C(=O)NC(=S)Nc2cc([N+](=O)[O-])ccc2OC)cc1. The predicted molar refractivity (Wildman–Crippen MR) is 110 cm³/mol. The lowest BCUT2D eigenvalue weighted by Gasteiger charge is -2.14. The van der Waals surface area contributed by atoms with Crippen molar-refractivity contribution >= 4 is 34.6 Å². The van der Waals surface area contributed by atoms with E-state index in [0.29, 0.717) is 17.1 Å². The molecule has 0 radical (unpaired) electrons. The summed E-state index contributed by atoms with van der Waals surface area (Å²) in [5.74, 6) is 0.610. The fourth-order valence-electron chi connectivity index (χ4n) is 2.24. The smallest absolute Gasteiger partial charge is 0.271 e. The van der Waals surface area contributed by atoms with Crippen LogP contribution in [0.3, 0.4) is 0 Å². The van der Waals surface area contributed by atoms with Gasteiger partial charge >= 0.3 is 0 Å². The maximum absolute atomic E-state index is 12.3. The standard InChI is InChI=1S/C19H21N3O5S/c1-4-12(2)27-15-8-5-13(6-9-15)18(23)21-19(28)20-16-11-14(22(24)25)7-10-17(16)26-3/h5-12H,4H2,1-3H3,(H2,20,21,23,28). The lowest BCUT2D eigenvalue weighted by atomic mass is 10.2. The summed E-state index contributed by atoms with van der Waals surface area (Å²) in [5, 5.41) is 16.2. The summed E-state index contributed by atoms with van der Waals surface area (Å²) >= 11 is 5.13. The fourth-order valence-corrected chi connectivity index (χ4v) is 2.44. The minimum absolute atomic E-state index is 0.0104. The second kappa shape index (κ2) is 9.65. The Hall–Kier alpha value is -3.20. The van der Waals surface area contributed by atoms with Gasteiger partial charge in [0.15, 0.2) is 5.11 Å². The van der Waals surface area contributed by atoms with Gasteiger partial charge in [0.05, 0.1) is 23.8 Å². The predicted octanol–water partition coefficient (Wildman–Crippen LogP) is 3.91. The number of carbonyl (C=O) groups excluding carboxylic acids is 1. The molecule has 9 heteroatoms. The molecule has 148 valence electrons. The third-order valence-electron chi connectivity index (χ3n) is 3.90. The molecule has 28 heavy (non-hydrogen) atoms. The Labute approximate surface area is 168 Å². The number of hydrogen-bond donors (Lipinski definition) is 2.